The Labute approximate surface area is 287 Å². The molecule has 3 heterocycles. The van der Waals surface area contributed by atoms with E-state index in [1.165, 1.54) is 81.1 Å². The Morgan fingerprint density at radius 2 is 1.66 bits per heavy atom. The standard InChI is InChI=1S/C42H54N4S/c1-3-12-28(13-4-1)40-44-41(29-14-5-2-6-15-29)46-42(45-40)31-19-22-32(37-23-20-27-11-7-9-17-36(27)43-37)34(26-31)30-21-24-39-35(25-30)33-16-8-10-18-38(33)47-39/h1,3-5,7,11-12,14-15,19-20,23,28,30,32,34-36,39-46H,2,6,8-10,13,16-18,21-22,24-26H2. The van der Waals surface area contributed by atoms with E-state index in [2.05, 4.69) is 106 Å². The molecule has 4 N–H and O–H groups in total. The first-order valence-corrected chi connectivity index (χ1v) is 20.1. The minimum atomic E-state index is 0.174. The molecule has 10 unspecified atom stereocenters. The fourth-order valence-electron chi connectivity index (χ4n) is 10.5. The van der Waals surface area contributed by atoms with E-state index in [1.807, 2.05) is 10.5 Å². The second kappa shape index (κ2) is 13.5. The van der Waals surface area contributed by atoms with Gasteiger partial charge in [0, 0.05) is 22.8 Å². The topological polar surface area (TPSA) is 48.1 Å². The molecule has 4 nitrogen and oxygen atoms in total. The third-order valence-corrected chi connectivity index (χ3v) is 14.6. The fourth-order valence-corrected chi connectivity index (χ4v) is 12.2. The summed E-state index contributed by atoms with van der Waals surface area (Å²) in [6.45, 7) is 0. The first-order valence-electron chi connectivity index (χ1n) is 19.2. The van der Waals surface area contributed by atoms with Crippen LogP contribution in [-0.4, -0.2) is 29.8 Å². The molecule has 0 aromatic carbocycles. The van der Waals surface area contributed by atoms with Crippen LogP contribution in [0.25, 0.3) is 0 Å². The van der Waals surface area contributed by atoms with Crippen molar-refractivity contribution in [2.45, 2.75) is 120 Å². The summed E-state index contributed by atoms with van der Waals surface area (Å²) in [5.41, 5.74) is 7.90. The number of allylic oxidation sites excluding steroid dienone is 12. The quantitative estimate of drug-likeness (QED) is 0.226. The SMILES string of the molecule is C1=CCC(C2NC(C3=CCCC=C3)NC(C3=CCC(C4=CC=C5C=CCCC5N4)C(C4CCC5SC6=C(CCCC6)C5C4)C3)N2)C=C1. The van der Waals surface area contributed by atoms with Crippen molar-refractivity contribution in [1.82, 2.24) is 21.3 Å². The van der Waals surface area contributed by atoms with Crippen LogP contribution in [0, 0.1) is 29.6 Å². The van der Waals surface area contributed by atoms with Gasteiger partial charge >= 0.3 is 0 Å². The van der Waals surface area contributed by atoms with E-state index in [1.54, 1.807) is 5.57 Å². The van der Waals surface area contributed by atoms with Gasteiger partial charge in [0.25, 0.3) is 0 Å². The van der Waals surface area contributed by atoms with Crippen LogP contribution in [0.4, 0.5) is 0 Å². The van der Waals surface area contributed by atoms with Crippen molar-refractivity contribution in [3.05, 3.63) is 106 Å². The highest BCUT2D eigenvalue weighted by atomic mass is 32.2. The zero-order chi connectivity index (χ0) is 31.2. The Morgan fingerprint density at radius 1 is 0.745 bits per heavy atom. The van der Waals surface area contributed by atoms with Gasteiger partial charge in [0.2, 0.25) is 0 Å². The van der Waals surface area contributed by atoms with E-state index >= 15 is 0 Å². The van der Waals surface area contributed by atoms with Crippen molar-refractivity contribution in [3.8, 4) is 0 Å². The van der Waals surface area contributed by atoms with Crippen molar-refractivity contribution in [2.24, 2.45) is 29.6 Å². The van der Waals surface area contributed by atoms with Gasteiger partial charge in [-0.05, 0) is 135 Å². The Kier molecular flexibility index (Phi) is 8.85. The van der Waals surface area contributed by atoms with Crippen LogP contribution >= 0.6 is 11.8 Å². The maximum atomic E-state index is 4.11. The molecule has 0 aromatic rings. The van der Waals surface area contributed by atoms with Gasteiger partial charge in [-0.3, -0.25) is 16.0 Å². The molecule has 1 saturated heterocycles. The summed E-state index contributed by atoms with van der Waals surface area (Å²) in [6, 6.07) is 0.492. The smallest absolute Gasteiger partial charge is 0.0858 e. The highest BCUT2D eigenvalue weighted by molar-refractivity contribution is 8.04. The number of thioether (sulfide) groups is 1. The number of fused-ring (bicyclic) bond motifs is 3. The van der Waals surface area contributed by atoms with Crippen LogP contribution in [0.2, 0.25) is 0 Å². The molecule has 9 rings (SSSR count). The lowest BCUT2D eigenvalue weighted by atomic mass is 9.63. The summed E-state index contributed by atoms with van der Waals surface area (Å²) in [4.78, 5) is 1.81. The Hall–Kier alpha value is -2.31. The van der Waals surface area contributed by atoms with Crippen LogP contribution in [0.5, 0.6) is 0 Å². The Morgan fingerprint density at radius 3 is 2.57 bits per heavy atom. The first kappa shape index (κ1) is 30.7. The lowest BCUT2D eigenvalue weighted by Crippen LogP contribution is -2.69. The summed E-state index contributed by atoms with van der Waals surface area (Å²) in [6.07, 6.45) is 47.2. The zero-order valence-electron chi connectivity index (χ0n) is 28.0. The van der Waals surface area contributed by atoms with Gasteiger partial charge in [-0.25, -0.2) is 0 Å². The molecule has 0 bridgehead atoms. The van der Waals surface area contributed by atoms with Crippen molar-refractivity contribution in [1.29, 1.82) is 0 Å². The summed E-state index contributed by atoms with van der Waals surface area (Å²) in [7, 11) is 0. The average molecular weight is 647 g/mol. The largest absolute Gasteiger partial charge is 0.381 e. The third kappa shape index (κ3) is 6.20. The van der Waals surface area contributed by atoms with E-state index in [0.717, 1.165) is 42.8 Å². The molecule has 2 fully saturated rings. The molecule has 47 heavy (non-hydrogen) atoms. The molecule has 5 heteroatoms. The predicted molar refractivity (Wildman–Crippen MR) is 197 cm³/mol. The lowest BCUT2D eigenvalue weighted by molar-refractivity contribution is 0.148. The molecule has 10 atom stereocenters. The van der Waals surface area contributed by atoms with E-state index in [-0.39, 0.29) is 18.5 Å². The van der Waals surface area contributed by atoms with Gasteiger partial charge in [-0.15, -0.1) is 11.8 Å². The lowest BCUT2D eigenvalue weighted by Gasteiger charge is -2.47. The Balaban J connectivity index is 1.01. The van der Waals surface area contributed by atoms with Crippen LogP contribution in [-0.2, 0) is 0 Å². The number of hydrogen-bond acceptors (Lipinski definition) is 5. The maximum Gasteiger partial charge on any atom is 0.0858 e. The predicted octanol–water partition coefficient (Wildman–Crippen LogP) is 8.60. The van der Waals surface area contributed by atoms with Crippen LogP contribution in [0.1, 0.15) is 89.9 Å². The number of nitrogens with one attached hydrogen (secondary N) is 4. The molecule has 9 aliphatic rings. The van der Waals surface area contributed by atoms with Gasteiger partial charge in [0.15, 0.2) is 0 Å². The first-order chi connectivity index (χ1) is 23.3. The molecule has 1 saturated carbocycles. The molecule has 0 aromatic heterocycles. The van der Waals surface area contributed by atoms with Crippen molar-refractivity contribution in [2.75, 3.05) is 0 Å². The highest BCUT2D eigenvalue weighted by Gasteiger charge is 2.46. The van der Waals surface area contributed by atoms with Gasteiger partial charge in [-0.1, -0.05) is 72.4 Å². The van der Waals surface area contributed by atoms with E-state index < -0.39 is 0 Å². The second-order valence-corrected chi connectivity index (χ2v) is 17.0. The van der Waals surface area contributed by atoms with Gasteiger partial charge < -0.3 is 5.32 Å². The van der Waals surface area contributed by atoms with E-state index in [0.29, 0.717) is 23.8 Å². The minimum absolute atomic E-state index is 0.174. The number of dihydropyridines is 1. The number of hydrogen-bond donors (Lipinski definition) is 4. The summed E-state index contributed by atoms with van der Waals surface area (Å²) >= 11 is 2.30. The van der Waals surface area contributed by atoms with Gasteiger partial charge in [0.1, 0.15) is 0 Å². The van der Waals surface area contributed by atoms with E-state index in [4.69, 9.17) is 0 Å². The summed E-state index contributed by atoms with van der Waals surface area (Å²) in [5.74, 6) is 3.36. The molecule has 0 radical (unpaired) electrons. The molecule has 0 spiro atoms. The van der Waals surface area contributed by atoms with Gasteiger partial charge in [0.05, 0.1) is 24.5 Å². The molecular weight excluding hydrogens is 593 g/mol. The van der Waals surface area contributed by atoms with Crippen molar-refractivity contribution < 1.29 is 0 Å². The number of rotatable bonds is 5. The van der Waals surface area contributed by atoms with Crippen molar-refractivity contribution in [3.63, 3.8) is 0 Å². The zero-order valence-corrected chi connectivity index (χ0v) is 28.8. The maximum absolute atomic E-state index is 4.11. The fraction of sp³-hybridized carbons (Fsp3) is 0.571. The monoisotopic (exact) mass is 646 g/mol. The van der Waals surface area contributed by atoms with Crippen LogP contribution in [0.15, 0.2) is 106 Å². The van der Waals surface area contributed by atoms with E-state index in [9.17, 15) is 0 Å². The average Bonchev–Trinajstić information content (AvgIpc) is 3.53. The van der Waals surface area contributed by atoms with Crippen molar-refractivity contribution >= 4 is 11.8 Å². The molecular formula is C42H54N4S. The summed E-state index contributed by atoms with van der Waals surface area (Å²) < 4.78 is 0. The van der Waals surface area contributed by atoms with Crippen LogP contribution in [0.3, 0.4) is 0 Å². The second-order valence-electron chi connectivity index (χ2n) is 15.7. The molecule has 6 aliphatic carbocycles. The molecule has 248 valence electrons. The van der Waals surface area contributed by atoms with Crippen LogP contribution < -0.4 is 21.3 Å². The van der Waals surface area contributed by atoms with Gasteiger partial charge in [-0.2, -0.15) is 0 Å². The molecule has 0 amide bonds. The Bertz CT molecular complexity index is 1500. The minimum Gasteiger partial charge on any atom is -0.381 e. The highest BCUT2D eigenvalue weighted by Crippen LogP contribution is 2.57. The summed E-state index contributed by atoms with van der Waals surface area (Å²) in [5, 5.41) is 17.1. The molecule has 3 aliphatic heterocycles. The third-order valence-electron chi connectivity index (χ3n) is 13.0. The normalized spacial score (nSPS) is 41.2.